The van der Waals surface area contributed by atoms with Crippen molar-refractivity contribution in [2.45, 2.75) is 12.4 Å². The largest absolute Gasteiger partial charge is 0.419 e. The number of aliphatic hydroxyl groups excluding tert-OH is 1. The summed E-state index contributed by atoms with van der Waals surface area (Å²) in [6.07, 6.45) is -5.12. The van der Waals surface area contributed by atoms with Crippen LogP contribution in [0.1, 0.15) is 21.5 Å². The lowest BCUT2D eigenvalue weighted by Gasteiger charge is -2.18. The summed E-state index contributed by atoms with van der Waals surface area (Å²) in [7, 11) is 1.32. The Morgan fingerprint density at radius 2 is 1.68 bits per heavy atom. The summed E-state index contributed by atoms with van der Waals surface area (Å²) < 4.78 is 79.9. The van der Waals surface area contributed by atoms with E-state index in [2.05, 4.69) is 35.2 Å². The summed E-state index contributed by atoms with van der Waals surface area (Å²) >= 11 is 0. The van der Waals surface area contributed by atoms with Crippen molar-refractivity contribution in [2.24, 2.45) is 0 Å². The van der Waals surface area contributed by atoms with E-state index in [1.807, 2.05) is 0 Å². The fraction of sp³-hybridized carbons (Fsp3) is 0.227. The van der Waals surface area contributed by atoms with Crippen molar-refractivity contribution >= 4 is 28.7 Å². The predicted molar refractivity (Wildman–Crippen MR) is 120 cm³/mol. The quantitative estimate of drug-likeness (QED) is 0.353. The maximum absolute atomic E-state index is 13.9. The van der Waals surface area contributed by atoms with Gasteiger partial charge in [-0.3, -0.25) is 9.78 Å². The van der Waals surface area contributed by atoms with Gasteiger partial charge in [-0.05, 0) is 12.1 Å². The Hall–Kier alpha value is -4.47. The van der Waals surface area contributed by atoms with Gasteiger partial charge in [-0.25, -0.2) is 24.9 Å². The van der Waals surface area contributed by atoms with Crippen LogP contribution >= 0.6 is 0 Å². The first-order valence-corrected chi connectivity index (χ1v) is 10.6. The maximum atomic E-state index is 13.9. The summed E-state index contributed by atoms with van der Waals surface area (Å²) in [4.78, 5) is 36.7. The molecule has 0 radical (unpaired) electrons. The molecule has 198 valence electrons. The molecule has 4 aromatic rings. The van der Waals surface area contributed by atoms with Gasteiger partial charge in [0, 0.05) is 38.4 Å². The number of alkyl halides is 6. The second-order valence-electron chi connectivity index (χ2n) is 7.77. The van der Waals surface area contributed by atoms with E-state index in [9.17, 15) is 31.1 Å². The van der Waals surface area contributed by atoms with Crippen LogP contribution in [0.3, 0.4) is 0 Å². The standard InChI is InChI=1S/C22H16F6N8O2/c1-36(4-5-37)19(38)11-6-13(22(26,27)28)16(30-7-11)15-10-31-17-14(2-3-29-18(17)34-15)35-20-32-8-12(9-33-20)21(23,24)25/h2-3,6-10,37H,4-5H2,1H3,(H,29,32,33,34,35). The van der Waals surface area contributed by atoms with Gasteiger partial charge in [0.2, 0.25) is 5.95 Å². The third-order valence-corrected chi connectivity index (χ3v) is 5.14. The molecule has 10 nitrogen and oxygen atoms in total. The van der Waals surface area contributed by atoms with Crippen LogP contribution in [0.5, 0.6) is 0 Å². The molecular formula is C22H16F6N8O2. The smallest absolute Gasteiger partial charge is 0.395 e. The van der Waals surface area contributed by atoms with E-state index in [1.165, 1.54) is 19.3 Å². The number of carbonyl (C=O) groups excluding carboxylic acids is 1. The number of nitrogens with one attached hydrogen (secondary N) is 1. The van der Waals surface area contributed by atoms with Crippen molar-refractivity contribution in [1.29, 1.82) is 0 Å². The number of aliphatic hydroxyl groups is 1. The van der Waals surface area contributed by atoms with Gasteiger partial charge in [0.05, 0.1) is 35.2 Å². The summed E-state index contributed by atoms with van der Waals surface area (Å²) in [6.45, 7) is -0.459. The van der Waals surface area contributed by atoms with Crippen LogP contribution in [0, 0.1) is 0 Å². The van der Waals surface area contributed by atoms with Crippen molar-refractivity contribution in [2.75, 3.05) is 25.5 Å². The Kier molecular flexibility index (Phi) is 7.08. The van der Waals surface area contributed by atoms with Crippen molar-refractivity contribution in [1.82, 2.24) is 34.8 Å². The minimum Gasteiger partial charge on any atom is -0.395 e. The molecule has 38 heavy (non-hydrogen) atoms. The van der Waals surface area contributed by atoms with Crippen LogP contribution in [0.15, 0.2) is 43.1 Å². The number of fused-ring (bicyclic) bond motifs is 1. The zero-order valence-corrected chi connectivity index (χ0v) is 19.2. The summed E-state index contributed by atoms with van der Waals surface area (Å²) in [6, 6.07) is 2.04. The second-order valence-corrected chi connectivity index (χ2v) is 7.77. The highest BCUT2D eigenvalue weighted by atomic mass is 19.4. The van der Waals surface area contributed by atoms with E-state index in [-0.39, 0.29) is 47.2 Å². The van der Waals surface area contributed by atoms with Gasteiger partial charge in [-0.2, -0.15) is 26.3 Å². The monoisotopic (exact) mass is 538 g/mol. The molecule has 0 fully saturated rings. The predicted octanol–water partition coefficient (Wildman–Crippen LogP) is 3.72. The molecule has 16 heteroatoms. The third-order valence-electron chi connectivity index (χ3n) is 5.14. The number of rotatable bonds is 6. The van der Waals surface area contributed by atoms with E-state index >= 15 is 0 Å². The van der Waals surface area contributed by atoms with Gasteiger partial charge in [-0.1, -0.05) is 0 Å². The lowest BCUT2D eigenvalue weighted by Crippen LogP contribution is -2.30. The first-order valence-electron chi connectivity index (χ1n) is 10.6. The lowest BCUT2D eigenvalue weighted by atomic mass is 10.1. The topological polar surface area (TPSA) is 130 Å². The summed E-state index contributed by atoms with van der Waals surface area (Å²) in [5.41, 5.74) is -3.35. The molecule has 4 heterocycles. The Bertz CT molecular complexity index is 1480. The molecule has 0 spiro atoms. The van der Waals surface area contributed by atoms with Gasteiger partial charge >= 0.3 is 12.4 Å². The number of nitrogens with zero attached hydrogens (tertiary/aromatic N) is 7. The van der Waals surface area contributed by atoms with Gasteiger partial charge < -0.3 is 15.3 Å². The minimum absolute atomic E-state index is 0.0748. The van der Waals surface area contributed by atoms with Crippen molar-refractivity contribution in [3.05, 3.63) is 59.8 Å². The Morgan fingerprint density at radius 3 is 2.32 bits per heavy atom. The normalized spacial score (nSPS) is 12.0. The van der Waals surface area contributed by atoms with E-state index in [1.54, 1.807) is 0 Å². The molecule has 0 aliphatic heterocycles. The highest BCUT2D eigenvalue weighted by Gasteiger charge is 2.36. The molecule has 0 saturated heterocycles. The fourth-order valence-corrected chi connectivity index (χ4v) is 3.27. The van der Waals surface area contributed by atoms with E-state index in [0.717, 1.165) is 17.3 Å². The molecule has 4 aromatic heterocycles. The number of anilines is 2. The fourth-order valence-electron chi connectivity index (χ4n) is 3.27. The Morgan fingerprint density at radius 1 is 0.974 bits per heavy atom. The van der Waals surface area contributed by atoms with Crippen molar-refractivity contribution in [3.8, 4) is 11.4 Å². The molecule has 0 aliphatic carbocycles. The molecule has 1 amide bonds. The molecule has 0 bridgehead atoms. The van der Waals surface area contributed by atoms with Crippen LogP contribution in [-0.4, -0.2) is 66.0 Å². The number of aromatic nitrogens is 6. The number of pyridine rings is 2. The zero-order valence-electron chi connectivity index (χ0n) is 19.2. The molecular weight excluding hydrogens is 522 g/mol. The van der Waals surface area contributed by atoms with Crippen LogP contribution in [0.2, 0.25) is 0 Å². The zero-order chi connectivity index (χ0) is 27.7. The van der Waals surface area contributed by atoms with E-state index < -0.39 is 35.1 Å². The van der Waals surface area contributed by atoms with Gasteiger partial charge in [0.1, 0.15) is 16.9 Å². The number of carbonyl (C=O) groups is 1. The first-order chi connectivity index (χ1) is 17.9. The lowest BCUT2D eigenvalue weighted by molar-refractivity contribution is -0.138. The molecule has 4 rings (SSSR count). The Labute approximate surface area is 209 Å². The minimum atomic E-state index is -4.90. The molecule has 0 saturated carbocycles. The number of amides is 1. The highest BCUT2D eigenvalue weighted by molar-refractivity contribution is 5.94. The number of likely N-dealkylation sites (N-methyl/N-ethyl adjacent to an activating group) is 1. The number of hydrogen-bond donors (Lipinski definition) is 2. The average molecular weight is 538 g/mol. The average Bonchev–Trinajstić information content (AvgIpc) is 2.87. The maximum Gasteiger partial charge on any atom is 0.419 e. The van der Waals surface area contributed by atoms with Crippen LogP contribution in [0.25, 0.3) is 22.6 Å². The van der Waals surface area contributed by atoms with Crippen molar-refractivity contribution < 1.29 is 36.2 Å². The molecule has 0 aliphatic rings. The summed E-state index contributed by atoms with van der Waals surface area (Å²) in [5, 5.41) is 11.6. The third kappa shape index (κ3) is 5.59. The van der Waals surface area contributed by atoms with Gasteiger partial charge in [0.15, 0.2) is 5.65 Å². The van der Waals surface area contributed by atoms with Crippen molar-refractivity contribution in [3.63, 3.8) is 0 Å². The first kappa shape index (κ1) is 26.6. The van der Waals surface area contributed by atoms with Gasteiger partial charge in [0.25, 0.3) is 5.91 Å². The molecule has 0 atom stereocenters. The SMILES string of the molecule is CN(CCO)C(=O)c1cnc(-c2cnc3c(Nc4ncc(C(F)(F)F)cn4)ccnc3n2)c(C(F)(F)F)c1. The molecule has 2 N–H and O–H groups in total. The molecule has 0 aromatic carbocycles. The van der Waals surface area contributed by atoms with Crippen LogP contribution in [-0.2, 0) is 12.4 Å². The number of halogens is 6. The van der Waals surface area contributed by atoms with Crippen LogP contribution in [0.4, 0.5) is 38.0 Å². The van der Waals surface area contributed by atoms with Crippen LogP contribution < -0.4 is 5.32 Å². The number of hydrogen-bond acceptors (Lipinski definition) is 9. The van der Waals surface area contributed by atoms with E-state index in [4.69, 9.17) is 5.11 Å². The highest BCUT2D eigenvalue weighted by Crippen LogP contribution is 2.36. The Balaban J connectivity index is 1.70. The molecule has 0 unspecified atom stereocenters. The second kappa shape index (κ2) is 10.1. The summed E-state index contributed by atoms with van der Waals surface area (Å²) in [5.74, 6) is -0.958. The van der Waals surface area contributed by atoms with E-state index in [0.29, 0.717) is 18.5 Å². The van der Waals surface area contributed by atoms with Gasteiger partial charge in [-0.15, -0.1) is 0 Å².